The minimum absolute atomic E-state index is 0.145. The van der Waals surface area contributed by atoms with Gasteiger partial charge in [-0.05, 0) is 30.3 Å². The van der Waals surface area contributed by atoms with Gasteiger partial charge >= 0.3 is 5.69 Å². The van der Waals surface area contributed by atoms with Crippen LogP contribution in [0, 0.1) is 0 Å². The predicted molar refractivity (Wildman–Crippen MR) is 88.2 cm³/mol. The molecule has 3 N–H and O–H groups in total. The normalized spacial score (nSPS) is 23.4. The summed E-state index contributed by atoms with van der Waals surface area (Å²) in [7, 11) is 0. The van der Waals surface area contributed by atoms with Crippen LogP contribution in [0.2, 0.25) is 0 Å². The van der Waals surface area contributed by atoms with Crippen molar-refractivity contribution in [3.05, 3.63) is 57.4 Å². The SMILES string of the molecule is O=c1[nH]c(=O)n([C@H]2C[C@H](O)[C@@H](CO)O2)c2ccc(-c3ccco3)cc12. The Bertz CT molecular complexity index is 1020. The second kappa shape index (κ2) is 5.99. The number of hydrogen-bond donors (Lipinski definition) is 3. The van der Waals surface area contributed by atoms with Gasteiger partial charge in [0, 0.05) is 12.0 Å². The first-order chi connectivity index (χ1) is 12.1. The number of aromatic nitrogens is 2. The van der Waals surface area contributed by atoms with Crippen LogP contribution in [-0.2, 0) is 4.74 Å². The Balaban J connectivity index is 1.88. The summed E-state index contributed by atoms with van der Waals surface area (Å²) >= 11 is 0. The standard InChI is InChI=1S/C17H16N2O6/c20-8-14-12(21)7-15(25-14)19-11-4-3-9(13-2-1-5-24-13)6-10(11)16(22)18-17(19)23/h1-6,12,14-15,20-21H,7-8H2,(H,18,22,23)/t12-,14+,15+/m0/s1. The Morgan fingerprint density at radius 2 is 2.12 bits per heavy atom. The van der Waals surface area contributed by atoms with Crippen LogP contribution in [0.1, 0.15) is 12.6 Å². The highest BCUT2D eigenvalue weighted by atomic mass is 16.5. The van der Waals surface area contributed by atoms with Crippen molar-refractivity contribution >= 4 is 10.9 Å². The van der Waals surface area contributed by atoms with Crippen molar-refractivity contribution in [2.75, 3.05) is 6.61 Å². The lowest BCUT2D eigenvalue weighted by atomic mass is 10.1. The third-order valence-electron chi connectivity index (χ3n) is 4.42. The number of nitrogens with one attached hydrogen (secondary N) is 1. The third kappa shape index (κ3) is 2.60. The molecule has 8 heteroatoms. The average molecular weight is 344 g/mol. The Morgan fingerprint density at radius 3 is 2.80 bits per heavy atom. The van der Waals surface area contributed by atoms with Gasteiger partial charge in [0.15, 0.2) is 0 Å². The van der Waals surface area contributed by atoms with E-state index in [2.05, 4.69) is 4.98 Å². The van der Waals surface area contributed by atoms with E-state index < -0.39 is 29.7 Å². The van der Waals surface area contributed by atoms with Gasteiger partial charge in [-0.2, -0.15) is 0 Å². The number of fused-ring (bicyclic) bond motifs is 1. The van der Waals surface area contributed by atoms with Crippen LogP contribution >= 0.6 is 0 Å². The molecule has 0 aliphatic carbocycles. The van der Waals surface area contributed by atoms with Gasteiger partial charge in [-0.15, -0.1) is 0 Å². The van der Waals surface area contributed by atoms with Crippen LogP contribution in [0.25, 0.3) is 22.2 Å². The number of aromatic amines is 1. The van der Waals surface area contributed by atoms with E-state index in [0.717, 1.165) is 0 Å². The predicted octanol–water partition coefficient (Wildman–Crippen LogP) is 0.591. The second-order valence-corrected chi connectivity index (χ2v) is 5.95. The number of nitrogens with zero attached hydrogens (tertiary/aromatic N) is 1. The summed E-state index contributed by atoms with van der Waals surface area (Å²) in [6.07, 6.45) is -0.735. The minimum Gasteiger partial charge on any atom is -0.464 e. The van der Waals surface area contributed by atoms with E-state index in [-0.39, 0.29) is 13.0 Å². The molecule has 1 aliphatic rings. The molecule has 25 heavy (non-hydrogen) atoms. The zero-order valence-corrected chi connectivity index (χ0v) is 13.1. The van der Waals surface area contributed by atoms with Crippen LogP contribution in [0.4, 0.5) is 0 Å². The summed E-state index contributed by atoms with van der Waals surface area (Å²) in [6.45, 7) is -0.351. The molecule has 1 aromatic carbocycles. The van der Waals surface area contributed by atoms with Crippen LogP contribution in [0.3, 0.4) is 0 Å². The topological polar surface area (TPSA) is 118 Å². The molecule has 3 atom stereocenters. The molecule has 0 unspecified atom stereocenters. The maximum Gasteiger partial charge on any atom is 0.330 e. The van der Waals surface area contributed by atoms with E-state index in [9.17, 15) is 19.8 Å². The highest BCUT2D eigenvalue weighted by molar-refractivity contribution is 5.83. The first kappa shape index (κ1) is 15.8. The molecule has 0 radical (unpaired) electrons. The molecule has 130 valence electrons. The van der Waals surface area contributed by atoms with Crippen LogP contribution in [-0.4, -0.2) is 38.6 Å². The van der Waals surface area contributed by atoms with Gasteiger partial charge < -0.3 is 19.4 Å². The third-order valence-corrected chi connectivity index (χ3v) is 4.42. The number of aliphatic hydroxyl groups is 2. The van der Waals surface area contributed by atoms with Gasteiger partial charge in [0.1, 0.15) is 18.1 Å². The van der Waals surface area contributed by atoms with Crippen molar-refractivity contribution in [2.24, 2.45) is 0 Å². The lowest BCUT2D eigenvalue weighted by Gasteiger charge is -2.17. The Hall–Kier alpha value is -2.68. The van der Waals surface area contributed by atoms with Crippen LogP contribution in [0.15, 0.2) is 50.6 Å². The molecule has 2 aromatic heterocycles. The van der Waals surface area contributed by atoms with E-state index in [1.165, 1.54) is 10.8 Å². The van der Waals surface area contributed by atoms with Gasteiger partial charge in [0.05, 0.1) is 29.9 Å². The van der Waals surface area contributed by atoms with Gasteiger partial charge in [0.25, 0.3) is 5.56 Å². The highest BCUT2D eigenvalue weighted by Gasteiger charge is 2.35. The number of rotatable bonds is 3. The quantitative estimate of drug-likeness (QED) is 0.640. The molecule has 0 spiro atoms. The molecule has 4 rings (SSSR count). The summed E-state index contributed by atoms with van der Waals surface area (Å²) < 4.78 is 12.2. The molecule has 3 aromatic rings. The summed E-state index contributed by atoms with van der Waals surface area (Å²) in [6, 6.07) is 8.54. The molecular weight excluding hydrogens is 328 g/mol. The van der Waals surface area contributed by atoms with Crippen molar-refractivity contribution in [3.8, 4) is 11.3 Å². The van der Waals surface area contributed by atoms with Crippen molar-refractivity contribution in [2.45, 2.75) is 24.9 Å². The van der Waals surface area contributed by atoms with E-state index in [0.29, 0.717) is 22.2 Å². The van der Waals surface area contributed by atoms with Gasteiger partial charge in [-0.25, -0.2) is 4.79 Å². The largest absolute Gasteiger partial charge is 0.464 e. The van der Waals surface area contributed by atoms with Crippen LogP contribution < -0.4 is 11.2 Å². The first-order valence-corrected chi connectivity index (χ1v) is 7.85. The maximum atomic E-state index is 12.3. The van der Waals surface area contributed by atoms with Gasteiger partial charge in [-0.3, -0.25) is 14.3 Å². The first-order valence-electron chi connectivity index (χ1n) is 7.85. The average Bonchev–Trinajstić information content (AvgIpc) is 3.24. The minimum atomic E-state index is -0.883. The highest BCUT2D eigenvalue weighted by Crippen LogP contribution is 2.30. The van der Waals surface area contributed by atoms with Crippen LogP contribution in [0.5, 0.6) is 0 Å². The number of furan rings is 1. The van der Waals surface area contributed by atoms with Crippen molar-refractivity contribution in [1.82, 2.24) is 9.55 Å². The number of aliphatic hydroxyl groups excluding tert-OH is 2. The second-order valence-electron chi connectivity index (χ2n) is 5.95. The molecule has 0 saturated carbocycles. The summed E-state index contributed by atoms with van der Waals surface area (Å²) in [4.78, 5) is 26.8. The van der Waals surface area contributed by atoms with E-state index in [1.54, 1.807) is 30.3 Å². The van der Waals surface area contributed by atoms with E-state index in [4.69, 9.17) is 9.15 Å². The van der Waals surface area contributed by atoms with Crippen molar-refractivity contribution < 1.29 is 19.4 Å². The maximum absolute atomic E-state index is 12.3. The fourth-order valence-corrected chi connectivity index (χ4v) is 3.18. The fourth-order valence-electron chi connectivity index (χ4n) is 3.18. The molecule has 0 bridgehead atoms. The molecule has 8 nitrogen and oxygen atoms in total. The Kier molecular flexibility index (Phi) is 3.79. The zero-order chi connectivity index (χ0) is 17.6. The fraction of sp³-hybridized carbons (Fsp3) is 0.294. The lowest BCUT2D eigenvalue weighted by Crippen LogP contribution is -2.33. The monoisotopic (exact) mass is 344 g/mol. The summed E-state index contributed by atoms with van der Waals surface area (Å²) in [5.41, 5.74) is -0.0467. The zero-order valence-electron chi connectivity index (χ0n) is 13.1. The molecule has 3 heterocycles. The van der Waals surface area contributed by atoms with Crippen molar-refractivity contribution in [3.63, 3.8) is 0 Å². The van der Waals surface area contributed by atoms with Gasteiger partial charge in [0.2, 0.25) is 0 Å². The number of benzene rings is 1. The smallest absolute Gasteiger partial charge is 0.330 e. The van der Waals surface area contributed by atoms with Gasteiger partial charge in [-0.1, -0.05) is 0 Å². The number of hydrogen-bond acceptors (Lipinski definition) is 6. The van der Waals surface area contributed by atoms with E-state index in [1.807, 2.05) is 0 Å². The summed E-state index contributed by atoms with van der Waals surface area (Å²) in [5, 5.41) is 19.5. The lowest BCUT2D eigenvalue weighted by molar-refractivity contribution is -0.0443. The van der Waals surface area contributed by atoms with Crippen molar-refractivity contribution in [1.29, 1.82) is 0 Å². The van der Waals surface area contributed by atoms with E-state index >= 15 is 0 Å². The molecule has 1 aliphatic heterocycles. The number of ether oxygens (including phenoxy) is 1. The number of H-pyrrole nitrogens is 1. The Morgan fingerprint density at radius 1 is 1.28 bits per heavy atom. The Labute approximate surface area is 140 Å². The molecule has 1 saturated heterocycles. The molecule has 0 amide bonds. The molecular formula is C17H16N2O6. The molecule has 1 fully saturated rings. The summed E-state index contributed by atoms with van der Waals surface area (Å²) in [5.74, 6) is 0.604.